The van der Waals surface area contributed by atoms with Gasteiger partial charge in [-0.05, 0) is 95.4 Å². The van der Waals surface area contributed by atoms with Gasteiger partial charge in [0.15, 0.2) is 6.40 Å². The molecule has 42 heavy (non-hydrogen) atoms. The first-order chi connectivity index (χ1) is 19.7. The number of hydrogen-bond acceptors (Lipinski definition) is 9. The van der Waals surface area contributed by atoms with Crippen LogP contribution < -0.4 is 19.4 Å². The van der Waals surface area contributed by atoms with Crippen molar-refractivity contribution in [3.63, 3.8) is 0 Å². The van der Waals surface area contributed by atoms with Gasteiger partial charge in [0, 0.05) is 35.0 Å². The standard InChI is InChI=1S/C16H18N3OS.C16H20N3S.Pt/c1-17-11-20-12-5-6-14(16(9-12)19(2)3)15-10-13(21-4)7-8-18-15;1-18(2)12-6-7-14(16(10-12)19(3)4)15-11-13(20-5)8-9-17-15;/h5,7-11H,1-4H3;6,8-11H,1-5H3;/q2*-1;+2. The van der Waals surface area contributed by atoms with Gasteiger partial charge in [0.2, 0.25) is 0 Å². The molecule has 7 nitrogen and oxygen atoms in total. The summed E-state index contributed by atoms with van der Waals surface area (Å²) in [5, 5.41) is 0. The van der Waals surface area contributed by atoms with E-state index in [1.807, 2.05) is 83.8 Å². The van der Waals surface area contributed by atoms with Gasteiger partial charge in [-0.25, -0.2) is 0 Å². The van der Waals surface area contributed by atoms with Gasteiger partial charge in [0.05, 0.1) is 0 Å². The maximum Gasteiger partial charge on any atom is 2.00 e. The fourth-order valence-corrected chi connectivity index (χ4v) is 4.70. The zero-order valence-electron chi connectivity index (χ0n) is 25.6. The molecule has 0 aliphatic carbocycles. The predicted molar refractivity (Wildman–Crippen MR) is 179 cm³/mol. The summed E-state index contributed by atoms with van der Waals surface area (Å²) in [6, 6.07) is 22.8. The van der Waals surface area contributed by atoms with E-state index in [0.717, 1.165) is 39.6 Å². The summed E-state index contributed by atoms with van der Waals surface area (Å²) < 4.78 is 5.41. The third-order valence-corrected chi connectivity index (χ3v) is 7.47. The molecule has 0 amide bonds. The fourth-order valence-electron chi connectivity index (χ4n) is 3.85. The number of aromatic nitrogens is 2. The zero-order chi connectivity index (χ0) is 29.9. The van der Waals surface area contributed by atoms with Crippen LogP contribution in [0.2, 0.25) is 0 Å². The molecule has 0 radical (unpaired) electrons. The van der Waals surface area contributed by atoms with Crippen LogP contribution in [-0.2, 0) is 21.1 Å². The van der Waals surface area contributed by atoms with Crippen molar-refractivity contribution in [2.24, 2.45) is 4.99 Å². The van der Waals surface area contributed by atoms with Crippen molar-refractivity contribution in [2.75, 3.05) is 76.5 Å². The van der Waals surface area contributed by atoms with Gasteiger partial charge in [0.25, 0.3) is 0 Å². The van der Waals surface area contributed by atoms with E-state index in [1.165, 1.54) is 16.2 Å². The van der Waals surface area contributed by atoms with Crippen LogP contribution in [0, 0.1) is 12.1 Å². The van der Waals surface area contributed by atoms with Crippen molar-refractivity contribution in [2.45, 2.75) is 9.79 Å². The minimum atomic E-state index is 0. The summed E-state index contributed by atoms with van der Waals surface area (Å²) >= 11 is 3.42. The second-order valence-corrected chi connectivity index (χ2v) is 11.3. The fraction of sp³-hybridized carbons (Fsp3) is 0.281. The molecular weight excluding hydrogens is 744 g/mol. The largest absolute Gasteiger partial charge is 2.00 e. The number of benzene rings is 2. The number of aliphatic imine (C=N–C) groups is 1. The van der Waals surface area contributed by atoms with E-state index in [0.29, 0.717) is 5.75 Å². The molecule has 0 spiro atoms. The van der Waals surface area contributed by atoms with Crippen molar-refractivity contribution in [3.05, 3.63) is 73.1 Å². The number of rotatable bonds is 9. The van der Waals surface area contributed by atoms with Crippen molar-refractivity contribution in [1.82, 2.24) is 9.97 Å². The predicted octanol–water partition coefficient (Wildman–Crippen LogP) is 6.77. The first kappa shape index (κ1) is 35.2. The molecule has 0 bridgehead atoms. The molecule has 4 rings (SSSR count). The molecule has 224 valence electrons. The van der Waals surface area contributed by atoms with Gasteiger partial charge in [-0.2, -0.15) is 0 Å². The van der Waals surface area contributed by atoms with Gasteiger partial charge in [-0.15, -0.1) is 58.9 Å². The molecule has 10 heteroatoms. The van der Waals surface area contributed by atoms with Crippen molar-refractivity contribution in [3.8, 4) is 28.3 Å². The molecule has 2 heterocycles. The first-order valence-corrected chi connectivity index (χ1v) is 15.3. The maximum absolute atomic E-state index is 5.41. The Hall–Kier alpha value is -3.00. The molecule has 0 fully saturated rings. The van der Waals surface area contributed by atoms with Crippen LogP contribution in [0.15, 0.2) is 75.7 Å². The molecular formula is C32H38N6OPtS2. The molecule has 0 saturated carbocycles. The van der Waals surface area contributed by atoms with E-state index in [2.05, 4.69) is 67.6 Å². The molecule has 0 saturated heterocycles. The van der Waals surface area contributed by atoms with E-state index >= 15 is 0 Å². The van der Waals surface area contributed by atoms with E-state index in [-0.39, 0.29) is 21.1 Å². The summed E-state index contributed by atoms with van der Waals surface area (Å²) in [7, 11) is 13.8. The van der Waals surface area contributed by atoms with Crippen molar-refractivity contribution >= 4 is 47.0 Å². The van der Waals surface area contributed by atoms with Gasteiger partial charge in [-0.1, -0.05) is 24.3 Å². The Morgan fingerprint density at radius 2 is 1.24 bits per heavy atom. The molecule has 0 atom stereocenters. The summed E-state index contributed by atoms with van der Waals surface area (Å²) in [6.07, 6.45) is 9.22. The number of nitrogens with zero attached hydrogens (tertiary/aromatic N) is 6. The molecule has 0 N–H and O–H groups in total. The van der Waals surface area contributed by atoms with Crippen LogP contribution in [0.5, 0.6) is 5.75 Å². The smallest absolute Gasteiger partial charge is 0.492 e. The van der Waals surface area contributed by atoms with Crippen LogP contribution in [0.3, 0.4) is 0 Å². The van der Waals surface area contributed by atoms with Gasteiger partial charge in [0.1, 0.15) is 0 Å². The Kier molecular flexibility index (Phi) is 14.4. The average molecular weight is 782 g/mol. The molecule has 2 aromatic carbocycles. The van der Waals surface area contributed by atoms with E-state index in [4.69, 9.17) is 4.74 Å². The quantitative estimate of drug-likeness (QED) is 0.0799. The Bertz CT molecular complexity index is 1460. The van der Waals surface area contributed by atoms with Gasteiger partial charge >= 0.3 is 21.1 Å². The monoisotopic (exact) mass is 781 g/mol. The third-order valence-electron chi connectivity index (χ3n) is 6.02. The Morgan fingerprint density at radius 3 is 1.69 bits per heavy atom. The molecule has 2 aromatic heterocycles. The number of thioether (sulfide) groups is 2. The summed E-state index contributed by atoms with van der Waals surface area (Å²) in [5.74, 6) is 0.703. The SMILES string of the molecule is CN=COc1c[c-]c(-c2cc(SC)ccn2)c(N(C)C)c1.CSc1ccnc(-c2[c-]cc(N(C)C)cc2N(C)C)c1.[Pt+2]. The number of ether oxygens (including phenoxy) is 1. The Balaban J connectivity index is 0.000000287. The van der Waals surface area contributed by atoms with Crippen LogP contribution in [0.1, 0.15) is 0 Å². The first-order valence-electron chi connectivity index (χ1n) is 12.9. The van der Waals surface area contributed by atoms with E-state index in [9.17, 15) is 0 Å². The van der Waals surface area contributed by atoms with Crippen LogP contribution in [-0.4, -0.2) is 78.2 Å². The average Bonchev–Trinajstić information content (AvgIpc) is 2.99. The van der Waals surface area contributed by atoms with Gasteiger partial charge in [-0.3, -0.25) is 4.99 Å². The van der Waals surface area contributed by atoms with Crippen molar-refractivity contribution in [1.29, 1.82) is 0 Å². The third kappa shape index (κ3) is 9.51. The maximum atomic E-state index is 5.41. The molecule has 0 aliphatic rings. The number of anilines is 3. The summed E-state index contributed by atoms with van der Waals surface area (Å²) in [5.41, 5.74) is 7.13. The van der Waals surface area contributed by atoms with Crippen LogP contribution in [0.4, 0.5) is 17.1 Å². The number of hydrogen-bond donors (Lipinski definition) is 0. The topological polar surface area (TPSA) is 57.1 Å². The minimum absolute atomic E-state index is 0. The van der Waals surface area contributed by atoms with E-state index < -0.39 is 0 Å². The zero-order valence-corrected chi connectivity index (χ0v) is 29.5. The Labute approximate surface area is 274 Å². The molecule has 0 unspecified atom stereocenters. The van der Waals surface area contributed by atoms with Crippen LogP contribution in [0.25, 0.3) is 22.5 Å². The second-order valence-electron chi connectivity index (χ2n) is 9.54. The summed E-state index contributed by atoms with van der Waals surface area (Å²) in [6.45, 7) is 0. The van der Waals surface area contributed by atoms with Crippen LogP contribution >= 0.6 is 23.5 Å². The summed E-state index contributed by atoms with van der Waals surface area (Å²) in [4.78, 5) is 21.4. The van der Waals surface area contributed by atoms with Crippen molar-refractivity contribution < 1.29 is 25.8 Å². The van der Waals surface area contributed by atoms with E-state index in [1.54, 1.807) is 36.6 Å². The molecule has 0 aliphatic heterocycles. The second kappa shape index (κ2) is 17.2. The Morgan fingerprint density at radius 1 is 0.738 bits per heavy atom. The molecule has 4 aromatic rings. The minimum Gasteiger partial charge on any atom is -0.492 e. The normalized spacial score (nSPS) is 10.4. The number of pyridine rings is 2. The van der Waals surface area contributed by atoms with Gasteiger partial charge < -0.3 is 29.4 Å².